The quantitative estimate of drug-likeness (QED) is 0.626. The predicted octanol–water partition coefficient (Wildman–Crippen LogP) is -0.349. The molecule has 0 unspecified atom stereocenters. The van der Waals surface area contributed by atoms with E-state index < -0.39 is 0 Å². The van der Waals surface area contributed by atoms with Crippen LogP contribution in [0, 0.1) is 0 Å². The van der Waals surface area contributed by atoms with E-state index in [4.69, 9.17) is 11.6 Å². The van der Waals surface area contributed by atoms with Crippen LogP contribution in [0.1, 0.15) is 5.56 Å². The summed E-state index contributed by atoms with van der Waals surface area (Å²) >= 11 is 6.10. The Morgan fingerprint density at radius 3 is 2.34 bits per heavy atom. The normalized spacial score (nSPS) is 20.9. The van der Waals surface area contributed by atoms with Crippen molar-refractivity contribution in [1.29, 1.82) is 0 Å². The first-order valence-corrected chi connectivity index (χ1v) is 10.6. The van der Waals surface area contributed by atoms with Crippen molar-refractivity contribution in [2.75, 3.05) is 56.0 Å². The molecule has 29 heavy (non-hydrogen) atoms. The zero-order chi connectivity index (χ0) is 20.2. The van der Waals surface area contributed by atoms with Crippen LogP contribution in [0.15, 0.2) is 48.5 Å². The van der Waals surface area contributed by atoms with Crippen LogP contribution in [0.25, 0.3) is 0 Å². The van der Waals surface area contributed by atoms with Gasteiger partial charge in [-0.2, -0.15) is 0 Å². The van der Waals surface area contributed by atoms with Crippen LogP contribution in [0.5, 0.6) is 0 Å². The summed E-state index contributed by atoms with van der Waals surface area (Å²) in [6, 6.07) is 15.4. The van der Waals surface area contributed by atoms with Crippen LogP contribution < -0.4 is 20.0 Å². The minimum atomic E-state index is -0.0266. The smallest absolute Gasteiger partial charge is 0.282 e. The Morgan fingerprint density at radius 1 is 0.931 bits per heavy atom. The lowest BCUT2D eigenvalue weighted by Crippen LogP contribution is -3.28. The van der Waals surface area contributed by atoms with Gasteiger partial charge in [-0.3, -0.25) is 9.59 Å². The molecule has 6 nitrogen and oxygen atoms in total. The summed E-state index contributed by atoms with van der Waals surface area (Å²) in [6.45, 7) is 5.29. The molecule has 2 heterocycles. The Hall–Kier alpha value is -2.41. The molecule has 1 fully saturated rings. The topological polar surface area (TPSA) is 58.3 Å². The molecule has 152 valence electrons. The lowest BCUT2D eigenvalue weighted by Gasteiger charge is -2.30. The van der Waals surface area contributed by atoms with Gasteiger partial charge < -0.3 is 20.0 Å². The first-order chi connectivity index (χ1) is 14.1. The Balaban J connectivity index is 1.23. The fourth-order valence-corrected chi connectivity index (χ4v) is 4.38. The molecule has 2 aliphatic heterocycles. The van der Waals surface area contributed by atoms with Crippen molar-refractivity contribution in [1.82, 2.24) is 0 Å². The number of hydrogen-bond acceptors (Lipinski definition) is 2. The van der Waals surface area contributed by atoms with E-state index in [9.17, 15) is 9.59 Å². The van der Waals surface area contributed by atoms with E-state index in [1.54, 1.807) is 12.1 Å². The van der Waals surface area contributed by atoms with Gasteiger partial charge in [-0.1, -0.05) is 41.9 Å². The number of rotatable bonds is 5. The molecule has 0 atom stereocenters. The maximum absolute atomic E-state index is 12.8. The minimum Gasteiger partial charge on any atom is -0.320 e. The second-order valence-electron chi connectivity index (χ2n) is 7.81. The zero-order valence-corrected chi connectivity index (χ0v) is 17.2. The van der Waals surface area contributed by atoms with Gasteiger partial charge in [-0.05, 0) is 30.2 Å². The molecule has 0 aromatic heterocycles. The van der Waals surface area contributed by atoms with Gasteiger partial charge in [0.05, 0.1) is 10.7 Å². The van der Waals surface area contributed by atoms with E-state index in [1.165, 1.54) is 15.4 Å². The van der Waals surface area contributed by atoms with Crippen LogP contribution >= 0.6 is 11.6 Å². The van der Waals surface area contributed by atoms with Gasteiger partial charge >= 0.3 is 0 Å². The third-order valence-electron chi connectivity index (χ3n) is 5.81. The van der Waals surface area contributed by atoms with E-state index in [2.05, 4.69) is 11.4 Å². The molecule has 2 aromatic rings. The molecule has 0 spiro atoms. The molecule has 1 saturated heterocycles. The number of amides is 2. The number of nitrogens with zero attached hydrogens (tertiary/aromatic N) is 1. The Kier molecular flexibility index (Phi) is 6.13. The molecule has 3 N–H and O–H groups in total. The summed E-state index contributed by atoms with van der Waals surface area (Å²) < 4.78 is 0. The van der Waals surface area contributed by atoms with Crippen molar-refractivity contribution in [3.05, 3.63) is 59.1 Å². The number of anilines is 2. The summed E-state index contributed by atoms with van der Waals surface area (Å²) in [5.41, 5.74) is 2.98. The fourth-order valence-electron chi connectivity index (χ4n) is 4.20. The number of carbonyl (C=O) groups excluding carboxylic acids is 2. The van der Waals surface area contributed by atoms with E-state index >= 15 is 0 Å². The molecule has 0 aliphatic carbocycles. The van der Waals surface area contributed by atoms with Gasteiger partial charge in [-0.15, -0.1) is 0 Å². The van der Waals surface area contributed by atoms with E-state index in [0.29, 0.717) is 23.8 Å². The maximum atomic E-state index is 12.8. The fraction of sp³-hybridized carbons (Fsp3) is 0.364. The largest absolute Gasteiger partial charge is 0.320 e. The van der Waals surface area contributed by atoms with Crippen molar-refractivity contribution in [2.24, 2.45) is 0 Å². The SMILES string of the molecule is O=C(C[NH+]1CC[NH+](CC(=O)N2CCc3ccccc32)CC1)Nc1ccccc1Cl. The number of fused-ring (bicyclic) bond motifs is 1. The van der Waals surface area contributed by atoms with Gasteiger partial charge in [0.25, 0.3) is 11.8 Å². The molecule has 7 heteroatoms. The Bertz CT molecular complexity index is 896. The molecule has 0 saturated carbocycles. The molecule has 2 amide bonds. The number of benzene rings is 2. The molecule has 4 rings (SSSR count). The predicted molar refractivity (Wildman–Crippen MR) is 114 cm³/mol. The lowest BCUT2D eigenvalue weighted by molar-refractivity contribution is -1.00. The molecule has 2 aliphatic rings. The van der Waals surface area contributed by atoms with Gasteiger partial charge in [0.1, 0.15) is 26.2 Å². The summed E-state index contributed by atoms with van der Waals surface area (Å²) in [5.74, 6) is 0.172. The summed E-state index contributed by atoms with van der Waals surface area (Å²) in [5, 5.41) is 3.44. The Morgan fingerprint density at radius 2 is 1.59 bits per heavy atom. The highest BCUT2D eigenvalue weighted by atomic mass is 35.5. The average Bonchev–Trinajstić information content (AvgIpc) is 3.15. The van der Waals surface area contributed by atoms with Gasteiger partial charge in [0.2, 0.25) is 0 Å². The van der Waals surface area contributed by atoms with Crippen molar-refractivity contribution in [2.45, 2.75) is 6.42 Å². The monoisotopic (exact) mass is 414 g/mol. The van der Waals surface area contributed by atoms with Crippen LogP contribution in [0.4, 0.5) is 11.4 Å². The van der Waals surface area contributed by atoms with Crippen LogP contribution in [-0.2, 0) is 16.0 Å². The number of halogens is 1. The number of nitrogens with one attached hydrogen (secondary N) is 3. The Labute approximate surface area is 176 Å². The van der Waals surface area contributed by atoms with E-state index in [1.807, 2.05) is 35.2 Å². The number of piperazine rings is 1. The van der Waals surface area contributed by atoms with Crippen LogP contribution in [0.3, 0.4) is 0 Å². The molecular weight excluding hydrogens is 388 g/mol. The first kappa shape index (κ1) is 19.9. The summed E-state index contributed by atoms with van der Waals surface area (Å²) in [6.07, 6.45) is 0.940. The zero-order valence-electron chi connectivity index (χ0n) is 16.4. The van der Waals surface area contributed by atoms with Gasteiger partial charge in [0, 0.05) is 12.2 Å². The summed E-state index contributed by atoms with van der Waals surface area (Å²) in [4.78, 5) is 29.6. The second-order valence-corrected chi connectivity index (χ2v) is 8.21. The van der Waals surface area contributed by atoms with Crippen molar-refractivity contribution < 1.29 is 19.4 Å². The average molecular weight is 415 g/mol. The number of hydrogen-bond donors (Lipinski definition) is 3. The lowest BCUT2D eigenvalue weighted by atomic mass is 10.2. The highest BCUT2D eigenvalue weighted by molar-refractivity contribution is 6.33. The van der Waals surface area contributed by atoms with Crippen LogP contribution in [-0.4, -0.2) is 57.6 Å². The number of para-hydroxylation sites is 2. The molecule has 2 aromatic carbocycles. The van der Waals surface area contributed by atoms with Crippen LogP contribution in [0.2, 0.25) is 5.02 Å². The first-order valence-electron chi connectivity index (χ1n) is 10.2. The summed E-state index contributed by atoms with van der Waals surface area (Å²) in [7, 11) is 0. The molecule has 0 radical (unpaired) electrons. The van der Waals surface area contributed by atoms with Gasteiger partial charge in [0.15, 0.2) is 13.1 Å². The second kappa shape index (κ2) is 8.95. The maximum Gasteiger partial charge on any atom is 0.282 e. The highest BCUT2D eigenvalue weighted by Crippen LogP contribution is 2.27. The van der Waals surface area contributed by atoms with Crippen molar-refractivity contribution in [3.63, 3.8) is 0 Å². The third kappa shape index (κ3) is 4.78. The number of quaternary nitrogens is 2. The highest BCUT2D eigenvalue weighted by Gasteiger charge is 2.30. The van der Waals surface area contributed by atoms with Crippen molar-refractivity contribution in [3.8, 4) is 0 Å². The van der Waals surface area contributed by atoms with E-state index in [-0.39, 0.29) is 11.8 Å². The number of carbonyl (C=O) groups is 2. The molecule has 0 bridgehead atoms. The van der Waals surface area contributed by atoms with E-state index in [0.717, 1.165) is 44.8 Å². The van der Waals surface area contributed by atoms with Gasteiger partial charge in [-0.25, -0.2) is 0 Å². The third-order valence-corrected chi connectivity index (χ3v) is 6.14. The standard InChI is InChI=1S/C22H25ClN4O2/c23-18-6-2-3-7-19(18)24-21(28)15-25-11-13-26(14-12-25)16-22(29)27-10-9-17-5-1-4-8-20(17)27/h1-8H,9-16H2,(H,24,28)/p+2. The van der Waals surface area contributed by atoms with Crippen molar-refractivity contribution >= 4 is 34.8 Å². The molecular formula is C22H27ClN4O2+2. The minimum absolute atomic E-state index is 0.0266.